The first kappa shape index (κ1) is 16.5. The van der Waals surface area contributed by atoms with E-state index in [1.807, 2.05) is 0 Å². The molecule has 0 heterocycles. The van der Waals surface area contributed by atoms with Gasteiger partial charge >= 0.3 is 0 Å². The van der Waals surface area contributed by atoms with Gasteiger partial charge in [-0.25, -0.2) is 0 Å². The Kier molecular flexibility index (Phi) is 3.60. The Balaban J connectivity index is 1.44. The molecule has 5 rings (SSSR count). The van der Waals surface area contributed by atoms with Crippen molar-refractivity contribution in [3.05, 3.63) is 11.1 Å². The lowest BCUT2D eigenvalue weighted by molar-refractivity contribution is -0.118. The van der Waals surface area contributed by atoms with Crippen LogP contribution < -0.4 is 5.32 Å². The van der Waals surface area contributed by atoms with Crippen molar-refractivity contribution in [1.29, 1.82) is 0 Å². The van der Waals surface area contributed by atoms with Crippen molar-refractivity contribution in [2.24, 2.45) is 28.6 Å². The number of Topliss-reactive ketones (excluding diaryl/α,β-unsaturated/α-hetero) is 1. The Morgan fingerprint density at radius 1 is 0.920 bits per heavy atom. The van der Waals surface area contributed by atoms with Gasteiger partial charge in [0, 0.05) is 18.5 Å². The number of carbonyl (C=O) groups excluding carboxylic acids is 1. The van der Waals surface area contributed by atoms with Crippen LogP contribution in [0, 0.1) is 28.6 Å². The first-order valence-electron chi connectivity index (χ1n) is 10.9. The van der Waals surface area contributed by atoms with Gasteiger partial charge in [0.15, 0.2) is 5.78 Å². The first-order chi connectivity index (χ1) is 11.9. The molecule has 138 valence electrons. The predicted molar refractivity (Wildman–Crippen MR) is 101 cm³/mol. The molecular weight excluding hydrogens is 306 g/mol. The number of ketones is 1. The average Bonchev–Trinajstić information content (AvgIpc) is 3.34. The van der Waals surface area contributed by atoms with Gasteiger partial charge in [-0.3, -0.25) is 4.79 Å². The summed E-state index contributed by atoms with van der Waals surface area (Å²) >= 11 is 0. The third-order valence-corrected chi connectivity index (χ3v) is 9.43. The zero-order valence-electron chi connectivity index (χ0n) is 16.4. The summed E-state index contributed by atoms with van der Waals surface area (Å²) in [4.78, 5) is 12.3. The highest BCUT2D eigenvalue weighted by molar-refractivity contribution is 5.96. The second-order valence-electron chi connectivity index (χ2n) is 10.5. The summed E-state index contributed by atoms with van der Waals surface area (Å²) in [5.74, 6) is 3.08. The number of nitrogens with one attached hydrogen (secondary N) is 1. The van der Waals surface area contributed by atoms with Crippen molar-refractivity contribution in [3.8, 4) is 0 Å². The zero-order valence-corrected chi connectivity index (χ0v) is 16.4. The fourth-order valence-corrected chi connectivity index (χ4v) is 7.79. The number of hydrogen-bond donors (Lipinski definition) is 1. The SMILES string of the molecule is CC1=C2CC[C@H]3[C@@H]4CC[C@H](NC5CC5)[C@@]4(C)CC[C@@H]3[C@@]2(C)CCC1=O. The number of allylic oxidation sites excluding steroid dienone is 1. The van der Waals surface area contributed by atoms with Gasteiger partial charge in [0.1, 0.15) is 0 Å². The number of hydrogen-bond acceptors (Lipinski definition) is 2. The van der Waals surface area contributed by atoms with Gasteiger partial charge < -0.3 is 5.32 Å². The molecule has 0 unspecified atom stereocenters. The minimum Gasteiger partial charge on any atom is -0.311 e. The lowest BCUT2D eigenvalue weighted by atomic mass is 9.46. The van der Waals surface area contributed by atoms with E-state index in [2.05, 4.69) is 26.1 Å². The lowest BCUT2D eigenvalue weighted by Crippen LogP contribution is -2.53. The molecule has 0 aromatic carbocycles. The summed E-state index contributed by atoms with van der Waals surface area (Å²) in [7, 11) is 0. The van der Waals surface area contributed by atoms with E-state index in [0.29, 0.717) is 16.6 Å². The number of carbonyl (C=O) groups is 1. The van der Waals surface area contributed by atoms with Crippen LogP contribution in [0.3, 0.4) is 0 Å². The van der Waals surface area contributed by atoms with E-state index < -0.39 is 0 Å². The quantitative estimate of drug-likeness (QED) is 0.763. The van der Waals surface area contributed by atoms with E-state index in [-0.39, 0.29) is 0 Å². The summed E-state index contributed by atoms with van der Waals surface area (Å²) in [6, 6.07) is 1.61. The van der Waals surface area contributed by atoms with Gasteiger partial charge in [-0.15, -0.1) is 0 Å². The van der Waals surface area contributed by atoms with Crippen LogP contribution in [-0.2, 0) is 4.79 Å². The van der Waals surface area contributed by atoms with Gasteiger partial charge in [-0.05, 0) is 98.9 Å². The smallest absolute Gasteiger partial charge is 0.158 e. The summed E-state index contributed by atoms with van der Waals surface area (Å²) < 4.78 is 0. The van der Waals surface area contributed by atoms with Crippen molar-refractivity contribution < 1.29 is 4.79 Å². The molecular formula is C23H35NO. The normalized spacial score (nSPS) is 49.6. The summed E-state index contributed by atoms with van der Waals surface area (Å²) in [6.45, 7) is 7.25. The number of fused-ring (bicyclic) bond motifs is 5. The van der Waals surface area contributed by atoms with Crippen LogP contribution in [-0.4, -0.2) is 17.9 Å². The minimum atomic E-state index is 0.324. The Morgan fingerprint density at radius 3 is 2.48 bits per heavy atom. The molecule has 4 saturated carbocycles. The standard InChI is InChI=1S/C23H35NO/c1-14-17-7-6-16-18-8-9-21(24-15-4-5-15)23(18,3)12-10-19(16)22(17,2)13-11-20(14)25/h15-16,18-19,21,24H,4-13H2,1-3H3/t16-,18-,19-,21-,22-,23-/m0/s1. The molecule has 25 heavy (non-hydrogen) atoms. The van der Waals surface area contributed by atoms with Crippen molar-refractivity contribution in [1.82, 2.24) is 5.32 Å². The monoisotopic (exact) mass is 341 g/mol. The molecule has 2 nitrogen and oxygen atoms in total. The Hall–Kier alpha value is -0.630. The molecule has 0 saturated heterocycles. The van der Waals surface area contributed by atoms with Crippen LogP contribution in [0.1, 0.15) is 85.0 Å². The second kappa shape index (κ2) is 5.44. The Bertz CT molecular complexity index is 632. The van der Waals surface area contributed by atoms with Crippen molar-refractivity contribution >= 4 is 5.78 Å². The van der Waals surface area contributed by atoms with Gasteiger partial charge in [0.05, 0.1) is 0 Å². The van der Waals surface area contributed by atoms with Crippen LogP contribution >= 0.6 is 0 Å². The number of rotatable bonds is 2. The van der Waals surface area contributed by atoms with E-state index in [1.165, 1.54) is 51.4 Å². The maximum Gasteiger partial charge on any atom is 0.158 e. The molecule has 4 fully saturated rings. The Morgan fingerprint density at radius 2 is 1.72 bits per heavy atom. The van der Waals surface area contributed by atoms with Gasteiger partial charge in [0.25, 0.3) is 0 Å². The summed E-state index contributed by atoms with van der Waals surface area (Å²) in [5.41, 5.74) is 3.55. The molecule has 0 bridgehead atoms. The highest BCUT2D eigenvalue weighted by atomic mass is 16.1. The van der Waals surface area contributed by atoms with Crippen LogP contribution in [0.5, 0.6) is 0 Å². The van der Waals surface area contributed by atoms with Crippen LogP contribution in [0.25, 0.3) is 0 Å². The molecule has 0 amide bonds. The van der Waals surface area contributed by atoms with E-state index in [9.17, 15) is 4.79 Å². The van der Waals surface area contributed by atoms with E-state index in [4.69, 9.17) is 0 Å². The van der Waals surface area contributed by atoms with E-state index in [0.717, 1.165) is 48.3 Å². The fraction of sp³-hybridized carbons (Fsp3) is 0.870. The maximum absolute atomic E-state index is 12.3. The second-order valence-corrected chi connectivity index (χ2v) is 10.5. The van der Waals surface area contributed by atoms with Crippen molar-refractivity contribution in [3.63, 3.8) is 0 Å². The molecule has 5 aliphatic carbocycles. The third kappa shape index (κ3) is 2.28. The van der Waals surface area contributed by atoms with E-state index >= 15 is 0 Å². The molecule has 5 aliphatic rings. The molecule has 1 N–H and O–H groups in total. The van der Waals surface area contributed by atoms with Crippen LogP contribution in [0.4, 0.5) is 0 Å². The van der Waals surface area contributed by atoms with Gasteiger partial charge in [0.2, 0.25) is 0 Å². The van der Waals surface area contributed by atoms with Crippen LogP contribution in [0.15, 0.2) is 11.1 Å². The fourth-order valence-electron chi connectivity index (χ4n) is 7.79. The van der Waals surface area contributed by atoms with Crippen molar-refractivity contribution in [2.45, 2.75) is 97.1 Å². The molecule has 0 aromatic heterocycles. The topological polar surface area (TPSA) is 29.1 Å². The molecule has 2 heteroatoms. The zero-order chi connectivity index (χ0) is 17.4. The van der Waals surface area contributed by atoms with E-state index in [1.54, 1.807) is 5.57 Å². The molecule has 0 radical (unpaired) electrons. The van der Waals surface area contributed by atoms with Gasteiger partial charge in [-0.2, -0.15) is 0 Å². The van der Waals surface area contributed by atoms with Crippen LogP contribution in [0.2, 0.25) is 0 Å². The summed E-state index contributed by atoms with van der Waals surface area (Å²) in [6.07, 6.45) is 12.9. The lowest BCUT2D eigenvalue weighted by Gasteiger charge is -2.58. The largest absolute Gasteiger partial charge is 0.311 e. The Labute approximate surface area is 153 Å². The molecule has 0 aliphatic heterocycles. The van der Waals surface area contributed by atoms with Crippen molar-refractivity contribution in [2.75, 3.05) is 0 Å². The minimum absolute atomic E-state index is 0.324. The first-order valence-corrected chi connectivity index (χ1v) is 10.9. The highest BCUT2D eigenvalue weighted by Crippen LogP contribution is 2.65. The molecule has 0 spiro atoms. The van der Waals surface area contributed by atoms with Gasteiger partial charge in [-0.1, -0.05) is 19.4 Å². The maximum atomic E-state index is 12.3. The molecule has 0 aromatic rings. The molecule has 6 atom stereocenters. The third-order valence-electron chi connectivity index (χ3n) is 9.43. The average molecular weight is 342 g/mol. The summed E-state index contributed by atoms with van der Waals surface area (Å²) in [5, 5.41) is 4.01. The predicted octanol–water partition coefficient (Wildman–Crippen LogP) is 5.03. The highest BCUT2D eigenvalue weighted by Gasteiger charge is 2.59.